The molecule has 2 aromatic heterocycles. The van der Waals surface area contributed by atoms with Crippen molar-refractivity contribution in [1.82, 2.24) is 14.9 Å². The average molecular weight is 271 g/mol. The van der Waals surface area contributed by atoms with Gasteiger partial charge in [0.2, 0.25) is 0 Å². The summed E-state index contributed by atoms with van der Waals surface area (Å²) in [4.78, 5) is 11.8. The number of nitrogens with zero attached hydrogens (tertiary/aromatic N) is 3. The molecule has 3 nitrogen and oxygen atoms in total. The van der Waals surface area contributed by atoms with E-state index in [1.165, 1.54) is 29.7 Å². The van der Waals surface area contributed by atoms with Gasteiger partial charge in [-0.3, -0.25) is 4.90 Å². The van der Waals surface area contributed by atoms with Crippen molar-refractivity contribution in [3.05, 3.63) is 45.7 Å². The summed E-state index contributed by atoms with van der Waals surface area (Å²) in [5, 5.41) is 4.39. The Morgan fingerprint density at radius 3 is 3.11 bits per heavy atom. The van der Waals surface area contributed by atoms with Crippen LogP contribution in [0, 0.1) is 0 Å². The third-order valence-corrected chi connectivity index (χ3v) is 4.70. The molecular weight excluding hydrogens is 254 g/mol. The highest BCUT2D eigenvalue weighted by molar-refractivity contribution is 7.07. The molecule has 19 heavy (non-hydrogen) atoms. The molecule has 1 fully saturated rings. The molecule has 0 atom stereocenters. The van der Waals surface area contributed by atoms with Crippen molar-refractivity contribution in [2.45, 2.75) is 38.3 Å². The first-order valence-electron chi connectivity index (χ1n) is 6.96. The molecular formula is C15H17N3S. The Balaban J connectivity index is 1.53. The molecule has 0 saturated heterocycles. The maximum Gasteiger partial charge on any atom is 0.131 e. The second kappa shape index (κ2) is 4.69. The van der Waals surface area contributed by atoms with E-state index in [0.717, 1.165) is 31.9 Å². The van der Waals surface area contributed by atoms with Crippen LogP contribution in [0.25, 0.3) is 0 Å². The van der Waals surface area contributed by atoms with Crippen LogP contribution in [0.15, 0.2) is 23.0 Å². The molecule has 0 N–H and O–H groups in total. The highest BCUT2D eigenvalue weighted by Crippen LogP contribution is 2.38. The van der Waals surface area contributed by atoms with Gasteiger partial charge in [0.15, 0.2) is 0 Å². The summed E-state index contributed by atoms with van der Waals surface area (Å²) in [6.07, 6.45) is 5.71. The molecule has 2 aliphatic rings. The van der Waals surface area contributed by atoms with Crippen LogP contribution in [0.2, 0.25) is 0 Å². The van der Waals surface area contributed by atoms with Gasteiger partial charge in [0, 0.05) is 31.7 Å². The molecule has 0 bridgehead atoms. The number of rotatable bonds is 3. The number of fused-ring (bicyclic) bond motifs is 1. The van der Waals surface area contributed by atoms with E-state index in [9.17, 15) is 0 Å². The number of aromatic nitrogens is 2. The molecule has 0 unspecified atom stereocenters. The molecule has 0 aromatic carbocycles. The zero-order chi connectivity index (χ0) is 12.7. The van der Waals surface area contributed by atoms with Crippen LogP contribution in [0.1, 0.15) is 41.4 Å². The molecule has 98 valence electrons. The Kier molecular flexibility index (Phi) is 2.85. The van der Waals surface area contributed by atoms with Crippen molar-refractivity contribution in [2.75, 3.05) is 6.54 Å². The molecule has 0 radical (unpaired) electrons. The lowest BCUT2D eigenvalue weighted by Gasteiger charge is -2.27. The fourth-order valence-corrected chi connectivity index (χ4v) is 3.35. The minimum Gasteiger partial charge on any atom is -0.293 e. The Labute approximate surface area is 117 Å². The number of hydrogen-bond acceptors (Lipinski definition) is 4. The molecule has 3 heterocycles. The number of hydrogen-bond donors (Lipinski definition) is 0. The largest absolute Gasteiger partial charge is 0.293 e. The van der Waals surface area contributed by atoms with E-state index in [1.54, 1.807) is 11.3 Å². The predicted octanol–water partition coefficient (Wildman–Crippen LogP) is 2.97. The maximum atomic E-state index is 4.80. The van der Waals surface area contributed by atoms with Crippen molar-refractivity contribution in [3.63, 3.8) is 0 Å². The third kappa shape index (κ3) is 2.42. The normalized spacial score (nSPS) is 19.4. The van der Waals surface area contributed by atoms with Gasteiger partial charge in [-0.05, 0) is 47.2 Å². The second-order valence-corrected chi connectivity index (χ2v) is 6.35. The molecule has 4 rings (SSSR count). The first kappa shape index (κ1) is 11.6. The van der Waals surface area contributed by atoms with E-state index in [1.807, 2.05) is 0 Å². The highest BCUT2D eigenvalue weighted by Gasteiger charge is 2.28. The van der Waals surface area contributed by atoms with Crippen LogP contribution in [0.3, 0.4) is 0 Å². The summed E-state index contributed by atoms with van der Waals surface area (Å²) >= 11 is 1.78. The Hall–Kier alpha value is -1.26. The van der Waals surface area contributed by atoms with Gasteiger partial charge in [0.25, 0.3) is 0 Å². The Morgan fingerprint density at radius 1 is 1.37 bits per heavy atom. The predicted molar refractivity (Wildman–Crippen MR) is 76.1 cm³/mol. The van der Waals surface area contributed by atoms with Crippen molar-refractivity contribution in [3.8, 4) is 0 Å². The van der Waals surface area contributed by atoms with Gasteiger partial charge in [0.1, 0.15) is 5.82 Å². The summed E-state index contributed by atoms with van der Waals surface area (Å²) in [5.41, 5.74) is 4.04. The summed E-state index contributed by atoms with van der Waals surface area (Å²) < 4.78 is 0. The minimum absolute atomic E-state index is 0.651. The lowest BCUT2D eigenvalue weighted by molar-refractivity contribution is 0.241. The van der Waals surface area contributed by atoms with Crippen LogP contribution >= 0.6 is 11.3 Å². The summed E-state index contributed by atoms with van der Waals surface area (Å²) in [7, 11) is 0. The third-order valence-electron chi connectivity index (χ3n) is 3.97. The van der Waals surface area contributed by atoms with Gasteiger partial charge in [-0.25, -0.2) is 9.97 Å². The van der Waals surface area contributed by atoms with E-state index < -0.39 is 0 Å². The van der Waals surface area contributed by atoms with Crippen LogP contribution in [0.5, 0.6) is 0 Å². The van der Waals surface area contributed by atoms with Gasteiger partial charge in [0.05, 0.1) is 5.69 Å². The van der Waals surface area contributed by atoms with Crippen LogP contribution in [-0.2, 0) is 19.5 Å². The summed E-state index contributed by atoms with van der Waals surface area (Å²) in [6.45, 7) is 3.15. The van der Waals surface area contributed by atoms with Crippen molar-refractivity contribution in [1.29, 1.82) is 0 Å². The quantitative estimate of drug-likeness (QED) is 0.859. The van der Waals surface area contributed by atoms with E-state index in [2.05, 4.69) is 32.9 Å². The van der Waals surface area contributed by atoms with Gasteiger partial charge >= 0.3 is 0 Å². The summed E-state index contributed by atoms with van der Waals surface area (Å²) in [5.74, 6) is 1.73. The Morgan fingerprint density at radius 2 is 2.32 bits per heavy atom. The molecule has 1 aliphatic carbocycles. The Bertz CT molecular complexity index is 575. The van der Waals surface area contributed by atoms with Gasteiger partial charge in [-0.15, -0.1) is 0 Å². The zero-order valence-corrected chi connectivity index (χ0v) is 11.7. The lowest BCUT2D eigenvalue weighted by atomic mass is 10.1. The zero-order valence-electron chi connectivity index (χ0n) is 10.9. The molecule has 0 amide bonds. The summed E-state index contributed by atoms with van der Waals surface area (Å²) in [6, 6.07) is 2.22. The maximum absolute atomic E-state index is 4.80. The van der Waals surface area contributed by atoms with E-state index >= 15 is 0 Å². The van der Waals surface area contributed by atoms with Crippen molar-refractivity contribution < 1.29 is 0 Å². The second-order valence-electron chi connectivity index (χ2n) is 5.57. The molecule has 0 spiro atoms. The van der Waals surface area contributed by atoms with Gasteiger partial charge < -0.3 is 0 Å². The van der Waals surface area contributed by atoms with E-state index in [4.69, 9.17) is 4.98 Å². The average Bonchev–Trinajstić information content (AvgIpc) is 3.17. The van der Waals surface area contributed by atoms with E-state index in [-0.39, 0.29) is 0 Å². The molecule has 2 aromatic rings. The van der Waals surface area contributed by atoms with Crippen molar-refractivity contribution in [2.24, 2.45) is 0 Å². The van der Waals surface area contributed by atoms with Crippen LogP contribution in [-0.4, -0.2) is 21.4 Å². The first-order chi connectivity index (χ1) is 9.38. The standard InChI is InChI=1S/C15H17N3S/c1-2-12(1)15-16-7-13-3-5-18(9-14(13)17-15)8-11-4-6-19-10-11/h4,6-7,10,12H,1-3,5,8-9H2. The molecule has 1 aliphatic heterocycles. The van der Waals surface area contributed by atoms with E-state index in [0.29, 0.717) is 5.92 Å². The number of thiophene rings is 1. The highest BCUT2D eigenvalue weighted by atomic mass is 32.1. The van der Waals surface area contributed by atoms with Crippen LogP contribution < -0.4 is 0 Å². The minimum atomic E-state index is 0.651. The SMILES string of the molecule is c1cc(CN2CCc3cnc(C4CC4)nc3C2)cs1. The van der Waals surface area contributed by atoms with Crippen molar-refractivity contribution >= 4 is 11.3 Å². The smallest absolute Gasteiger partial charge is 0.131 e. The first-order valence-corrected chi connectivity index (χ1v) is 7.91. The van der Waals surface area contributed by atoms with Gasteiger partial charge in [-0.1, -0.05) is 0 Å². The monoisotopic (exact) mass is 271 g/mol. The molecule has 4 heteroatoms. The topological polar surface area (TPSA) is 29.0 Å². The fourth-order valence-electron chi connectivity index (χ4n) is 2.69. The van der Waals surface area contributed by atoms with Crippen LogP contribution in [0.4, 0.5) is 0 Å². The molecule has 1 saturated carbocycles. The lowest BCUT2D eigenvalue weighted by Crippen LogP contribution is -2.31. The fraction of sp³-hybridized carbons (Fsp3) is 0.467. The van der Waals surface area contributed by atoms with Gasteiger partial charge in [-0.2, -0.15) is 11.3 Å².